The van der Waals surface area contributed by atoms with E-state index in [4.69, 9.17) is 15.2 Å². The van der Waals surface area contributed by atoms with Crippen molar-refractivity contribution in [1.82, 2.24) is 5.32 Å². The van der Waals surface area contributed by atoms with Gasteiger partial charge in [-0.25, -0.2) is 0 Å². The van der Waals surface area contributed by atoms with Crippen LogP contribution in [0.4, 0.5) is 0 Å². The van der Waals surface area contributed by atoms with Gasteiger partial charge < -0.3 is 20.5 Å². The van der Waals surface area contributed by atoms with E-state index in [0.717, 1.165) is 6.42 Å². The molecule has 0 aliphatic heterocycles. The highest BCUT2D eigenvalue weighted by Crippen LogP contribution is 2.28. The Kier molecular flexibility index (Phi) is 6.49. The van der Waals surface area contributed by atoms with Crippen LogP contribution in [0.25, 0.3) is 0 Å². The van der Waals surface area contributed by atoms with Crippen molar-refractivity contribution in [2.75, 3.05) is 19.8 Å². The Morgan fingerprint density at radius 2 is 1.95 bits per heavy atom. The molecule has 0 unspecified atom stereocenters. The molecule has 0 spiro atoms. The minimum Gasteiger partial charge on any atom is -0.490 e. The molecular formula is C16H26N2O3. The first-order valence-corrected chi connectivity index (χ1v) is 7.35. The molecule has 0 saturated carbocycles. The molecule has 1 rings (SSSR count). The van der Waals surface area contributed by atoms with Crippen molar-refractivity contribution in [1.29, 1.82) is 0 Å². The number of hydrogen-bond acceptors (Lipinski definition) is 4. The van der Waals surface area contributed by atoms with E-state index < -0.39 is 5.54 Å². The molecule has 0 bridgehead atoms. The predicted molar refractivity (Wildman–Crippen MR) is 84.0 cm³/mol. The van der Waals surface area contributed by atoms with Gasteiger partial charge in [0.15, 0.2) is 11.5 Å². The molecule has 0 atom stereocenters. The van der Waals surface area contributed by atoms with Crippen molar-refractivity contribution >= 4 is 5.91 Å². The van der Waals surface area contributed by atoms with Crippen LogP contribution in [0.15, 0.2) is 18.2 Å². The van der Waals surface area contributed by atoms with Crippen molar-refractivity contribution in [2.24, 2.45) is 5.73 Å². The van der Waals surface area contributed by atoms with Crippen LogP contribution in [0.5, 0.6) is 11.5 Å². The van der Waals surface area contributed by atoms with Crippen LogP contribution in [0.3, 0.4) is 0 Å². The number of carbonyl (C=O) groups is 1. The van der Waals surface area contributed by atoms with Crippen molar-refractivity contribution in [3.05, 3.63) is 23.8 Å². The van der Waals surface area contributed by atoms with Gasteiger partial charge in [-0.2, -0.15) is 0 Å². The first-order chi connectivity index (χ1) is 9.93. The number of ether oxygens (including phenoxy) is 2. The Bertz CT molecular complexity index is 473. The molecule has 5 nitrogen and oxygen atoms in total. The van der Waals surface area contributed by atoms with E-state index in [0.29, 0.717) is 36.8 Å². The number of nitrogens with two attached hydrogens (primary N) is 1. The zero-order chi connectivity index (χ0) is 15.9. The van der Waals surface area contributed by atoms with Gasteiger partial charge in [0.05, 0.1) is 13.2 Å². The Balaban J connectivity index is 2.93. The molecule has 0 aromatic heterocycles. The summed E-state index contributed by atoms with van der Waals surface area (Å²) in [6.45, 7) is 9.20. The van der Waals surface area contributed by atoms with Crippen LogP contribution in [0, 0.1) is 0 Å². The SMILES string of the molecule is CCCOc1ccc(C(=O)NC(C)(C)CN)cc1OCC. The maximum Gasteiger partial charge on any atom is 0.251 e. The van der Waals surface area contributed by atoms with Gasteiger partial charge in [0.25, 0.3) is 5.91 Å². The standard InChI is InChI=1S/C16H26N2O3/c1-5-9-21-13-8-7-12(10-14(13)20-6-2)15(19)18-16(3,4)11-17/h7-8,10H,5-6,9,11,17H2,1-4H3,(H,18,19). The minimum absolute atomic E-state index is 0.173. The van der Waals surface area contributed by atoms with Crippen LogP contribution in [0.2, 0.25) is 0 Å². The second-order valence-corrected chi connectivity index (χ2v) is 5.49. The Morgan fingerprint density at radius 3 is 2.52 bits per heavy atom. The molecule has 1 amide bonds. The molecule has 3 N–H and O–H groups in total. The molecule has 0 aliphatic rings. The minimum atomic E-state index is -0.444. The van der Waals surface area contributed by atoms with Gasteiger partial charge in [0, 0.05) is 17.6 Å². The van der Waals surface area contributed by atoms with E-state index in [2.05, 4.69) is 5.32 Å². The molecule has 0 aliphatic carbocycles. The second kappa shape index (κ2) is 7.88. The van der Waals surface area contributed by atoms with Gasteiger partial charge in [0.1, 0.15) is 0 Å². The third-order valence-electron chi connectivity index (χ3n) is 2.93. The highest BCUT2D eigenvalue weighted by Gasteiger charge is 2.20. The van der Waals surface area contributed by atoms with Gasteiger partial charge in [-0.1, -0.05) is 6.92 Å². The average Bonchev–Trinajstić information content (AvgIpc) is 2.45. The number of hydrogen-bond donors (Lipinski definition) is 2. The van der Waals surface area contributed by atoms with E-state index >= 15 is 0 Å². The van der Waals surface area contributed by atoms with Crippen molar-refractivity contribution in [3.8, 4) is 11.5 Å². The fourth-order valence-corrected chi connectivity index (χ4v) is 1.68. The van der Waals surface area contributed by atoms with E-state index in [9.17, 15) is 4.79 Å². The topological polar surface area (TPSA) is 73.6 Å². The third-order valence-corrected chi connectivity index (χ3v) is 2.93. The molecule has 0 fully saturated rings. The smallest absolute Gasteiger partial charge is 0.251 e. The number of benzene rings is 1. The van der Waals surface area contributed by atoms with Crippen LogP contribution < -0.4 is 20.5 Å². The summed E-state index contributed by atoms with van der Waals surface area (Å²) in [4.78, 5) is 12.2. The molecule has 1 aromatic carbocycles. The largest absolute Gasteiger partial charge is 0.490 e. The summed E-state index contributed by atoms with van der Waals surface area (Å²) in [5, 5.41) is 2.89. The Morgan fingerprint density at radius 1 is 1.24 bits per heavy atom. The van der Waals surface area contributed by atoms with Crippen molar-refractivity contribution in [2.45, 2.75) is 39.7 Å². The molecule has 0 saturated heterocycles. The summed E-state index contributed by atoms with van der Waals surface area (Å²) in [5.41, 5.74) is 5.72. The molecule has 5 heteroatoms. The van der Waals surface area contributed by atoms with Crippen LogP contribution in [0.1, 0.15) is 44.5 Å². The third kappa shape index (κ3) is 5.27. The van der Waals surface area contributed by atoms with Crippen LogP contribution in [-0.4, -0.2) is 31.2 Å². The molecule has 21 heavy (non-hydrogen) atoms. The molecule has 0 radical (unpaired) electrons. The van der Waals surface area contributed by atoms with Gasteiger partial charge >= 0.3 is 0 Å². The fraction of sp³-hybridized carbons (Fsp3) is 0.562. The summed E-state index contributed by atoms with van der Waals surface area (Å²) in [6, 6.07) is 5.21. The zero-order valence-corrected chi connectivity index (χ0v) is 13.4. The van der Waals surface area contributed by atoms with E-state index in [1.807, 2.05) is 27.7 Å². The summed E-state index contributed by atoms with van der Waals surface area (Å²) in [7, 11) is 0. The highest BCUT2D eigenvalue weighted by molar-refractivity contribution is 5.95. The van der Waals surface area contributed by atoms with Crippen LogP contribution >= 0.6 is 0 Å². The number of amides is 1. The zero-order valence-electron chi connectivity index (χ0n) is 13.4. The predicted octanol–water partition coefficient (Wildman–Crippen LogP) is 2.34. The van der Waals surface area contributed by atoms with Gasteiger partial charge in [-0.15, -0.1) is 0 Å². The average molecular weight is 294 g/mol. The van der Waals surface area contributed by atoms with Gasteiger partial charge in [0.2, 0.25) is 0 Å². The van der Waals surface area contributed by atoms with Gasteiger partial charge in [-0.05, 0) is 45.4 Å². The molecule has 1 aromatic rings. The summed E-state index contributed by atoms with van der Waals surface area (Å²) in [5.74, 6) is 1.07. The lowest BCUT2D eigenvalue weighted by atomic mass is 10.1. The van der Waals surface area contributed by atoms with Crippen molar-refractivity contribution < 1.29 is 14.3 Å². The summed E-state index contributed by atoms with van der Waals surface area (Å²) < 4.78 is 11.2. The van der Waals surface area contributed by atoms with Crippen molar-refractivity contribution in [3.63, 3.8) is 0 Å². The lowest BCUT2D eigenvalue weighted by molar-refractivity contribution is 0.0915. The lowest BCUT2D eigenvalue weighted by Gasteiger charge is -2.24. The fourth-order valence-electron chi connectivity index (χ4n) is 1.68. The lowest BCUT2D eigenvalue weighted by Crippen LogP contribution is -2.48. The van der Waals surface area contributed by atoms with E-state index in [1.165, 1.54) is 0 Å². The molecule has 0 heterocycles. The summed E-state index contributed by atoms with van der Waals surface area (Å²) >= 11 is 0. The second-order valence-electron chi connectivity index (χ2n) is 5.49. The normalized spacial score (nSPS) is 11.1. The number of nitrogens with one attached hydrogen (secondary N) is 1. The first kappa shape index (κ1) is 17.3. The maximum atomic E-state index is 12.2. The quantitative estimate of drug-likeness (QED) is 0.772. The van der Waals surface area contributed by atoms with Crippen LogP contribution in [-0.2, 0) is 0 Å². The number of rotatable bonds is 8. The summed E-state index contributed by atoms with van der Waals surface area (Å²) in [6.07, 6.45) is 0.915. The molecular weight excluding hydrogens is 268 g/mol. The highest BCUT2D eigenvalue weighted by atomic mass is 16.5. The first-order valence-electron chi connectivity index (χ1n) is 7.35. The monoisotopic (exact) mass is 294 g/mol. The van der Waals surface area contributed by atoms with Gasteiger partial charge in [-0.3, -0.25) is 4.79 Å². The maximum absolute atomic E-state index is 12.2. The van der Waals surface area contributed by atoms with E-state index in [-0.39, 0.29) is 5.91 Å². The number of carbonyl (C=O) groups excluding carboxylic acids is 1. The van der Waals surface area contributed by atoms with E-state index in [1.54, 1.807) is 18.2 Å². The Hall–Kier alpha value is -1.75. The Labute approximate surface area is 126 Å². The molecule has 118 valence electrons.